The SMILES string of the molecule is N#CC(=CNc1ccccc1C(=O)N1CCN(C(=O)c2ccccc2)CC1)c1nn[nH]n1. The van der Waals surface area contributed by atoms with Crippen molar-refractivity contribution in [2.24, 2.45) is 0 Å². The predicted molar refractivity (Wildman–Crippen MR) is 116 cm³/mol. The molecule has 2 N–H and O–H groups in total. The van der Waals surface area contributed by atoms with Crippen LogP contribution in [0.25, 0.3) is 5.57 Å². The highest BCUT2D eigenvalue weighted by atomic mass is 16.2. The van der Waals surface area contributed by atoms with Gasteiger partial charge in [0.05, 0.1) is 11.3 Å². The average Bonchev–Trinajstić information content (AvgIpc) is 3.39. The summed E-state index contributed by atoms with van der Waals surface area (Å²) in [4.78, 5) is 29.3. The van der Waals surface area contributed by atoms with Gasteiger partial charge in [-0.3, -0.25) is 9.59 Å². The third-order valence-corrected chi connectivity index (χ3v) is 5.11. The summed E-state index contributed by atoms with van der Waals surface area (Å²) in [6.07, 6.45) is 1.44. The van der Waals surface area contributed by atoms with Crippen LogP contribution in [-0.2, 0) is 0 Å². The number of nitrogens with zero attached hydrogens (tertiary/aromatic N) is 6. The zero-order valence-electron chi connectivity index (χ0n) is 17.1. The Hall–Kier alpha value is -4.52. The molecule has 3 aromatic rings. The molecular weight excluding hydrogens is 408 g/mol. The summed E-state index contributed by atoms with van der Waals surface area (Å²) in [5, 5.41) is 25.6. The van der Waals surface area contributed by atoms with Crippen LogP contribution in [0.3, 0.4) is 0 Å². The number of allylic oxidation sites excluding steroid dienone is 1. The molecule has 10 nitrogen and oxygen atoms in total. The van der Waals surface area contributed by atoms with Crippen LogP contribution < -0.4 is 5.32 Å². The van der Waals surface area contributed by atoms with E-state index in [1.54, 1.807) is 46.2 Å². The second kappa shape index (κ2) is 9.53. The monoisotopic (exact) mass is 428 g/mol. The molecule has 32 heavy (non-hydrogen) atoms. The topological polar surface area (TPSA) is 131 Å². The lowest BCUT2D eigenvalue weighted by Gasteiger charge is -2.35. The number of nitrogens with one attached hydrogen (secondary N) is 2. The Bertz CT molecular complexity index is 1160. The first-order valence-electron chi connectivity index (χ1n) is 10.0. The van der Waals surface area contributed by atoms with Crippen LogP contribution in [0, 0.1) is 11.3 Å². The second-order valence-electron chi connectivity index (χ2n) is 7.05. The molecule has 0 saturated carbocycles. The Morgan fingerprint density at radius 3 is 2.28 bits per heavy atom. The number of amides is 2. The highest BCUT2D eigenvalue weighted by molar-refractivity contribution is 6.00. The van der Waals surface area contributed by atoms with E-state index < -0.39 is 0 Å². The molecule has 0 bridgehead atoms. The lowest BCUT2D eigenvalue weighted by atomic mass is 10.1. The number of carbonyl (C=O) groups is 2. The average molecular weight is 428 g/mol. The second-order valence-corrected chi connectivity index (χ2v) is 7.05. The standard InChI is InChI=1S/C22H20N8O2/c23-14-17(20-25-27-28-26-20)15-24-19-9-5-4-8-18(19)22(32)30-12-10-29(11-13-30)21(31)16-6-2-1-3-7-16/h1-9,15,24H,10-13H2,(H,25,26,27,28). The number of aromatic amines is 1. The van der Waals surface area contributed by atoms with Crippen molar-refractivity contribution in [2.45, 2.75) is 0 Å². The zero-order valence-corrected chi connectivity index (χ0v) is 17.1. The van der Waals surface area contributed by atoms with Crippen molar-refractivity contribution in [1.29, 1.82) is 5.26 Å². The van der Waals surface area contributed by atoms with Crippen molar-refractivity contribution < 1.29 is 9.59 Å². The van der Waals surface area contributed by atoms with Gasteiger partial charge in [0, 0.05) is 37.9 Å². The molecule has 2 heterocycles. The summed E-state index contributed by atoms with van der Waals surface area (Å²) in [5.41, 5.74) is 1.84. The molecule has 1 aliphatic heterocycles. The number of piperazine rings is 1. The van der Waals surface area contributed by atoms with Gasteiger partial charge in [-0.1, -0.05) is 30.3 Å². The molecule has 2 amide bonds. The molecule has 0 unspecified atom stereocenters. The minimum atomic E-state index is -0.147. The van der Waals surface area contributed by atoms with E-state index in [1.807, 2.05) is 24.3 Å². The van der Waals surface area contributed by atoms with E-state index in [4.69, 9.17) is 0 Å². The summed E-state index contributed by atoms with van der Waals surface area (Å²) >= 11 is 0. The molecule has 0 radical (unpaired) electrons. The van der Waals surface area contributed by atoms with E-state index in [2.05, 4.69) is 25.9 Å². The van der Waals surface area contributed by atoms with Crippen LogP contribution in [0.1, 0.15) is 26.5 Å². The highest BCUT2D eigenvalue weighted by Gasteiger charge is 2.26. The Labute approximate surface area is 184 Å². The van der Waals surface area contributed by atoms with Gasteiger partial charge in [-0.25, -0.2) is 0 Å². The van der Waals surface area contributed by atoms with Crippen molar-refractivity contribution in [1.82, 2.24) is 30.4 Å². The van der Waals surface area contributed by atoms with Gasteiger partial charge < -0.3 is 15.1 Å². The molecule has 10 heteroatoms. The van der Waals surface area contributed by atoms with Gasteiger partial charge in [0.1, 0.15) is 11.6 Å². The number of H-pyrrole nitrogens is 1. The number of aromatic nitrogens is 4. The fourth-order valence-electron chi connectivity index (χ4n) is 3.41. The van der Waals surface area contributed by atoms with Crippen molar-refractivity contribution in [2.75, 3.05) is 31.5 Å². The smallest absolute Gasteiger partial charge is 0.256 e. The maximum Gasteiger partial charge on any atom is 0.256 e. The Morgan fingerprint density at radius 2 is 1.62 bits per heavy atom. The molecule has 160 valence electrons. The van der Waals surface area contributed by atoms with Crippen LogP contribution in [0.4, 0.5) is 5.69 Å². The van der Waals surface area contributed by atoms with E-state index in [0.29, 0.717) is 43.0 Å². The van der Waals surface area contributed by atoms with Crippen molar-refractivity contribution in [3.05, 3.63) is 77.7 Å². The van der Waals surface area contributed by atoms with Crippen molar-refractivity contribution >= 4 is 23.1 Å². The number of benzene rings is 2. The van der Waals surface area contributed by atoms with Gasteiger partial charge in [0.25, 0.3) is 11.8 Å². The molecule has 4 rings (SSSR count). The summed E-state index contributed by atoms with van der Waals surface area (Å²) < 4.78 is 0. The molecule has 1 aromatic heterocycles. The molecule has 1 aliphatic rings. The Kier molecular flexibility index (Phi) is 6.17. The van der Waals surface area contributed by atoms with Gasteiger partial charge in [-0.05, 0) is 29.5 Å². The number of nitriles is 1. The third-order valence-electron chi connectivity index (χ3n) is 5.11. The first kappa shape index (κ1) is 20.7. The Morgan fingerprint density at radius 1 is 0.969 bits per heavy atom. The largest absolute Gasteiger partial charge is 0.360 e. The first-order chi connectivity index (χ1) is 15.7. The number of carbonyl (C=O) groups excluding carboxylic acids is 2. The maximum atomic E-state index is 13.2. The molecule has 0 aliphatic carbocycles. The third kappa shape index (κ3) is 4.46. The summed E-state index contributed by atoms with van der Waals surface area (Å²) in [5.74, 6) is -0.0233. The minimum absolute atomic E-state index is 0.0320. The fourth-order valence-corrected chi connectivity index (χ4v) is 3.41. The summed E-state index contributed by atoms with van der Waals surface area (Å²) in [7, 11) is 0. The number of para-hydroxylation sites is 1. The van der Waals surface area contributed by atoms with Gasteiger partial charge in [0.2, 0.25) is 5.82 Å². The lowest BCUT2D eigenvalue weighted by Crippen LogP contribution is -2.50. The van der Waals surface area contributed by atoms with Gasteiger partial charge >= 0.3 is 0 Å². The minimum Gasteiger partial charge on any atom is -0.360 e. The molecule has 2 aromatic carbocycles. The lowest BCUT2D eigenvalue weighted by molar-refractivity contribution is 0.0536. The zero-order chi connectivity index (χ0) is 22.3. The van der Waals surface area contributed by atoms with Gasteiger partial charge in [0.15, 0.2) is 0 Å². The van der Waals surface area contributed by atoms with E-state index in [1.165, 1.54) is 6.20 Å². The number of hydrogen-bond donors (Lipinski definition) is 2. The van der Waals surface area contributed by atoms with Crippen LogP contribution >= 0.6 is 0 Å². The van der Waals surface area contributed by atoms with Crippen molar-refractivity contribution in [3.63, 3.8) is 0 Å². The highest BCUT2D eigenvalue weighted by Crippen LogP contribution is 2.20. The number of rotatable bonds is 5. The maximum absolute atomic E-state index is 13.2. The number of tetrazole rings is 1. The fraction of sp³-hybridized carbons (Fsp3) is 0.182. The van der Waals surface area contributed by atoms with E-state index in [9.17, 15) is 14.9 Å². The van der Waals surface area contributed by atoms with Gasteiger partial charge in [-0.2, -0.15) is 10.5 Å². The first-order valence-corrected chi connectivity index (χ1v) is 10.0. The summed E-state index contributed by atoms with van der Waals surface area (Å²) in [6.45, 7) is 1.80. The molecule has 1 saturated heterocycles. The van der Waals surface area contributed by atoms with Crippen LogP contribution in [0.2, 0.25) is 0 Å². The Balaban J connectivity index is 1.43. The van der Waals surface area contributed by atoms with Crippen molar-refractivity contribution in [3.8, 4) is 6.07 Å². The molecule has 0 atom stereocenters. The molecule has 1 fully saturated rings. The molecular formula is C22H20N8O2. The van der Waals surface area contributed by atoms with Crippen LogP contribution in [0.15, 0.2) is 60.8 Å². The van der Waals surface area contributed by atoms with E-state index >= 15 is 0 Å². The van der Waals surface area contributed by atoms with Crippen LogP contribution in [-0.4, -0.2) is 68.4 Å². The normalized spacial score (nSPS) is 14.0. The predicted octanol–water partition coefficient (Wildman–Crippen LogP) is 1.77. The van der Waals surface area contributed by atoms with Crippen LogP contribution in [0.5, 0.6) is 0 Å². The number of hydrogen-bond acceptors (Lipinski definition) is 7. The summed E-state index contributed by atoms with van der Waals surface area (Å²) in [6, 6.07) is 18.2. The van der Waals surface area contributed by atoms with E-state index in [-0.39, 0.29) is 23.2 Å². The quantitative estimate of drug-likeness (QED) is 0.592. The van der Waals surface area contributed by atoms with E-state index in [0.717, 1.165) is 0 Å². The van der Waals surface area contributed by atoms with Gasteiger partial charge in [-0.15, -0.1) is 10.2 Å². The molecule has 0 spiro atoms. The number of anilines is 1.